The summed E-state index contributed by atoms with van der Waals surface area (Å²) in [4.78, 5) is 23.9. The molecule has 1 aliphatic rings. The molecule has 7 heteroatoms. The van der Waals surface area contributed by atoms with Crippen LogP contribution >= 0.6 is 0 Å². The Morgan fingerprint density at radius 2 is 1.83 bits per heavy atom. The van der Waals surface area contributed by atoms with E-state index in [1.807, 2.05) is 0 Å². The SMILES string of the molecule is O=C(O)C1CS(=O)(=O)CN1C(=O)c1ccccc1. The molecule has 0 aromatic heterocycles. The molecule has 18 heavy (non-hydrogen) atoms. The van der Waals surface area contributed by atoms with Gasteiger partial charge < -0.3 is 10.0 Å². The van der Waals surface area contributed by atoms with Crippen molar-refractivity contribution in [2.45, 2.75) is 6.04 Å². The molecule has 2 rings (SSSR count). The quantitative estimate of drug-likeness (QED) is 0.814. The van der Waals surface area contributed by atoms with E-state index in [9.17, 15) is 18.0 Å². The van der Waals surface area contributed by atoms with Crippen molar-refractivity contribution in [1.82, 2.24) is 4.90 Å². The summed E-state index contributed by atoms with van der Waals surface area (Å²) in [5, 5.41) is 8.95. The lowest BCUT2D eigenvalue weighted by Gasteiger charge is -2.19. The molecule has 0 spiro atoms. The Kier molecular flexibility index (Phi) is 3.08. The molecule has 0 radical (unpaired) electrons. The lowest BCUT2D eigenvalue weighted by atomic mass is 10.2. The van der Waals surface area contributed by atoms with Gasteiger partial charge in [-0.15, -0.1) is 0 Å². The Morgan fingerprint density at radius 1 is 1.22 bits per heavy atom. The molecule has 96 valence electrons. The lowest BCUT2D eigenvalue weighted by molar-refractivity contribution is -0.140. The van der Waals surface area contributed by atoms with Crippen molar-refractivity contribution in [1.29, 1.82) is 0 Å². The van der Waals surface area contributed by atoms with Crippen molar-refractivity contribution in [2.24, 2.45) is 0 Å². The zero-order valence-corrected chi connectivity index (χ0v) is 10.1. The number of carboxylic acid groups (broad SMARTS) is 1. The number of rotatable bonds is 2. The van der Waals surface area contributed by atoms with Crippen LogP contribution in [0.15, 0.2) is 30.3 Å². The van der Waals surface area contributed by atoms with Crippen molar-refractivity contribution in [3.8, 4) is 0 Å². The van der Waals surface area contributed by atoms with Crippen molar-refractivity contribution in [2.75, 3.05) is 11.6 Å². The molecule has 6 nitrogen and oxygen atoms in total. The first-order valence-electron chi connectivity index (χ1n) is 5.20. The number of benzene rings is 1. The van der Waals surface area contributed by atoms with Crippen LogP contribution in [0.3, 0.4) is 0 Å². The average molecular weight is 269 g/mol. The highest BCUT2D eigenvalue weighted by Gasteiger charge is 2.42. The van der Waals surface area contributed by atoms with Crippen LogP contribution < -0.4 is 0 Å². The van der Waals surface area contributed by atoms with E-state index in [-0.39, 0.29) is 5.56 Å². The van der Waals surface area contributed by atoms with Crippen LogP contribution in [0.25, 0.3) is 0 Å². The summed E-state index contributed by atoms with van der Waals surface area (Å²) in [7, 11) is -3.52. The number of nitrogens with zero attached hydrogens (tertiary/aromatic N) is 1. The van der Waals surface area contributed by atoms with Crippen LogP contribution in [-0.4, -0.2) is 48.0 Å². The number of hydrogen-bond acceptors (Lipinski definition) is 4. The molecule has 1 unspecified atom stereocenters. The van der Waals surface area contributed by atoms with E-state index >= 15 is 0 Å². The van der Waals surface area contributed by atoms with Gasteiger partial charge in [0.15, 0.2) is 9.84 Å². The minimum absolute atomic E-state index is 0.279. The van der Waals surface area contributed by atoms with E-state index in [4.69, 9.17) is 5.11 Å². The summed E-state index contributed by atoms with van der Waals surface area (Å²) >= 11 is 0. The Morgan fingerprint density at radius 3 is 2.39 bits per heavy atom. The van der Waals surface area contributed by atoms with Gasteiger partial charge >= 0.3 is 5.97 Å². The zero-order chi connectivity index (χ0) is 13.3. The van der Waals surface area contributed by atoms with Gasteiger partial charge in [-0.3, -0.25) is 4.79 Å². The van der Waals surface area contributed by atoms with Crippen LogP contribution in [0.5, 0.6) is 0 Å². The fourth-order valence-electron chi connectivity index (χ4n) is 1.84. The lowest BCUT2D eigenvalue weighted by Crippen LogP contribution is -2.41. The van der Waals surface area contributed by atoms with Crippen LogP contribution in [0.4, 0.5) is 0 Å². The molecule has 0 aliphatic carbocycles. The third-order valence-electron chi connectivity index (χ3n) is 2.69. The minimum Gasteiger partial charge on any atom is -0.480 e. The highest BCUT2D eigenvalue weighted by atomic mass is 32.2. The number of amides is 1. The smallest absolute Gasteiger partial charge is 0.327 e. The van der Waals surface area contributed by atoms with Gasteiger partial charge in [-0.25, -0.2) is 13.2 Å². The maximum atomic E-state index is 12.0. The van der Waals surface area contributed by atoms with Gasteiger partial charge in [-0.2, -0.15) is 0 Å². The van der Waals surface area contributed by atoms with E-state index in [0.29, 0.717) is 0 Å². The largest absolute Gasteiger partial charge is 0.480 e. The van der Waals surface area contributed by atoms with Gasteiger partial charge in [0.2, 0.25) is 0 Å². The number of carboxylic acids is 1. The summed E-state index contributed by atoms with van der Waals surface area (Å²) in [6.07, 6.45) is 0. The van der Waals surface area contributed by atoms with Crippen molar-refractivity contribution < 1.29 is 23.1 Å². The van der Waals surface area contributed by atoms with Gasteiger partial charge in [0, 0.05) is 5.56 Å². The summed E-state index contributed by atoms with van der Waals surface area (Å²) in [6, 6.07) is 6.72. The summed E-state index contributed by atoms with van der Waals surface area (Å²) in [5.41, 5.74) is 0.279. The van der Waals surface area contributed by atoms with E-state index in [0.717, 1.165) is 4.90 Å². The Hall–Kier alpha value is -1.89. The first kappa shape index (κ1) is 12.6. The Labute approximate surface area is 104 Å². The van der Waals surface area contributed by atoms with E-state index < -0.39 is 39.4 Å². The number of aliphatic carboxylic acids is 1. The number of carbonyl (C=O) groups excluding carboxylic acids is 1. The van der Waals surface area contributed by atoms with E-state index in [1.165, 1.54) is 12.1 Å². The van der Waals surface area contributed by atoms with Crippen LogP contribution in [0.2, 0.25) is 0 Å². The second kappa shape index (κ2) is 4.41. The van der Waals surface area contributed by atoms with Gasteiger partial charge in [-0.1, -0.05) is 18.2 Å². The van der Waals surface area contributed by atoms with Gasteiger partial charge in [0.25, 0.3) is 5.91 Å². The molecule has 0 bridgehead atoms. The van der Waals surface area contributed by atoms with Crippen LogP contribution in [0, 0.1) is 0 Å². The summed E-state index contributed by atoms with van der Waals surface area (Å²) < 4.78 is 22.9. The maximum absolute atomic E-state index is 12.0. The van der Waals surface area contributed by atoms with Gasteiger partial charge in [0.05, 0.1) is 5.75 Å². The highest BCUT2D eigenvalue weighted by Crippen LogP contribution is 2.19. The zero-order valence-electron chi connectivity index (χ0n) is 9.31. The molecule has 1 amide bonds. The molecule has 1 aromatic carbocycles. The molecule has 1 aliphatic heterocycles. The van der Waals surface area contributed by atoms with E-state index in [1.54, 1.807) is 18.2 Å². The summed E-state index contributed by atoms with van der Waals surface area (Å²) in [6.45, 7) is 0. The Bertz CT molecular complexity index is 581. The first-order valence-corrected chi connectivity index (χ1v) is 7.02. The fourth-order valence-corrected chi connectivity index (χ4v) is 3.47. The molecular formula is C11H11NO5S. The minimum atomic E-state index is -3.52. The summed E-state index contributed by atoms with van der Waals surface area (Å²) in [5.74, 6) is -2.96. The first-order chi connectivity index (χ1) is 8.41. The molecule has 1 saturated heterocycles. The molecule has 1 atom stereocenters. The second-order valence-corrected chi connectivity index (χ2v) is 6.11. The van der Waals surface area contributed by atoms with E-state index in [2.05, 4.69) is 0 Å². The maximum Gasteiger partial charge on any atom is 0.327 e. The predicted molar refractivity (Wildman–Crippen MR) is 62.7 cm³/mol. The molecule has 1 heterocycles. The average Bonchev–Trinajstić information content (AvgIpc) is 2.66. The molecule has 1 N–H and O–H groups in total. The Balaban J connectivity index is 2.32. The highest BCUT2D eigenvalue weighted by molar-refractivity contribution is 7.91. The molecule has 1 fully saturated rings. The fraction of sp³-hybridized carbons (Fsp3) is 0.273. The van der Waals surface area contributed by atoms with Crippen LogP contribution in [0.1, 0.15) is 10.4 Å². The van der Waals surface area contributed by atoms with Gasteiger partial charge in [0.1, 0.15) is 11.9 Å². The predicted octanol–water partition coefficient (Wildman–Crippen LogP) is -0.0321. The van der Waals surface area contributed by atoms with Crippen molar-refractivity contribution in [3.63, 3.8) is 0 Å². The topological polar surface area (TPSA) is 91.8 Å². The van der Waals surface area contributed by atoms with Crippen molar-refractivity contribution >= 4 is 21.7 Å². The third-order valence-corrected chi connectivity index (χ3v) is 4.19. The standard InChI is InChI=1S/C11H11NO5S/c13-10(8-4-2-1-3-5-8)12-7-18(16,17)6-9(12)11(14)15/h1-5,9H,6-7H2,(H,14,15). The number of hydrogen-bond donors (Lipinski definition) is 1. The van der Waals surface area contributed by atoms with Crippen molar-refractivity contribution in [3.05, 3.63) is 35.9 Å². The number of sulfone groups is 1. The van der Waals surface area contributed by atoms with Gasteiger partial charge in [-0.05, 0) is 12.1 Å². The molecular weight excluding hydrogens is 258 g/mol. The monoisotopic (exact) mass is 269 g/mol. The third kappa shape index (κ3) is 2.35. The molecule has 0 saturated carbocycles. The molecule has 1 aromatic rings. The number of carbonyl (C=O) groups is 2. The second-order valence-electron chi connectivity index (χ2n) is 4.03. The normalized spacial score (nSPS) is 21.8. The van der Waals surface area contributed by atoms with Crippen LogP contribution in [-0.2, 0) is 14.6 Å².